The standard InChI is InChI=1S/C13H25NO/c1-11(2)14-10-6-9-13(15)12-7-4-3-5-8-12/h11-12,14H,3-10H2,1-2H3. The molecule has 0 radical (unpaired) electrons. The summed E-state index contributed by atoms with van der Waals surface area (Å²) in [5.74, 6) is 0.915. The largest absolute Gasteiger partial charge is 0.315 e. The summed E-state index contributed by atoms with van der Waals surface area (Å²) in [7, 11) is 0. The number of ketones is 1. The van der Waals surface area contributed by atoms with Crippen LogP contribution >= 0.6 is 0 Å². The number of hydrogen-bond acceptors (Lipinski definition) is 2. The molecule has 0 bridgehead atoms. The second kappa shape index (κ2) is 7.00. The molecule has 0 atom stereocenters. The Morgan fingerprint density at radius 2 is 1.93 bits per heavy atom. The Bertz CT molecular complexity index is 183. The molecular weight excluding hydrogens is 186 g/mol. The number of nitrogens with one attached hydrogen (secondary N) is 1. The van der Waals surface area contributed by atoms with Crippen molar-refractivity contribution in [2.75, 3.05) is 6.54 Å². The van der Waals surface area contributed by atoms with Crippen LogP contribution in [0.15, 0.2) is 0 Å². The van der Waals surface area contributed by atoms with Crippen LogP contribution in [0.3, 0.4) is 0 Å². The fourth-order valence-corrected chi connectivity index (χ4v) is 2.28. The summed E-state index contributed by atoms with van der Waals surface area (Å²) in [6, 6.07) is 0.537. The molecule has 0 unspecified atom stereocenters. The van der Waals surface area contributed by atoms with Crippen LogP contribution in [0, 0.1) is 5.92 Å². The molecule has 1 N–H and O–H groups in total. The van der Waals surface area contributed by atoms with Gasteiger partial charge in [-0.25, -0.2) is 0 Å². The first-order chi connectivity index (χ1) is 7.20. The van der Waals surface area contributed by atoms with E-state index in [1.807, 2.05) is 0 Å². The van der Waals surface area contributed by atoms with Crippen molar-refractivity contribution < 1.29 is 4.79 Å². The van der Waals surface area contributed by atoms with Gasteiger partial charge in [0.05, 0.1) is 0 Å². The first-order valence-corrected chi connectivity index (χ1v) is 6.46. The number of hydrogen-bond donors (Lipinski definition) is 1. The first kappa shape index (κ1) is 12.7. The van der Waals surface area contributed by atoms with E-state index in [-0.39, 0.29) is 0 Å². The first-order valence-electron chi connectivity index (χ1n) is 6.46. The SMILES string of the molecule is CC(C)NCCCC(=O)C1CCCCC1. The Kier molecular flexibility index (Phi) is 5.92. The van der Waals surface area contributed by atoms with E-state index in [0.29, 0.717) is 17.7 Å². The topological polar surface area (TPSA) is 29.1 Å². The maximum absolute atomic E-state index is 11.8. The molecule has 0 aromatic carbocycles. The predicted molar refractivity (Wildman–Crippen MR) is 64.0 cm³/mol. The molecule has 0 spiro atoms. The van der Waals surface area contributed by atoms with Crippen molar-refractivity contribution in [1.82, 2.24) is 5.32 Å². The lowest BCUT2D eigenvalue weighted by Crippen LogP contribution is -2.25. The second-order valence-corrected chi connectivity index (χ2v) is 5.01. The number of carbonyl (C=O) groups is 1. The zero-order chi connectivity index (χ0) is 11.1. The lowest BCUT2D eigenvalue weighted by molar-refractivity contribution is -0.123. The highest BCUT2D eigenvalue weighted by Crippen LogP contribution is 2.25. The van der Waals surface area contributed by atoms with Crippen LogP contribution in [0.25, 0.3) is 0 Å². The number of carbonyl (C=O) groups excluding carboxylic acids is 1. The van der Waals surface area contributed by atoms with Crippen molar-refractivity contribution in [3.63, 3.8) is 0 Å². The maximum atomic E-state index is 11.8. The minimum atomic E-state index is 0.401. The van der Waals surface area contributed by atoms with Gasteiger partial charge >= 0.3 is 0 Å². The third kappa shape index (κ3) is 5.31. The molecule has 2 heteroatoms. The quantitative estimate of drug-likeness (QED) is 0.684. The molecule has 1 saturated carbocycles. The third-order valence-electron chi connectivity index (χ3n) is 3.21. The van der Waals surface area contributed by atoms with Gasteiger partial charge < -0.3 is 5.32 Å². The summed E-state index contributed by atoms with van der Waals surface area (Å²) in [6.45, 7) is 5.27. The minimum absolute atomic E-state index is 0.401. The molecule has 0 aromatic heterocycles. The normalized spacial score (nSPS) is 18.3. The molecule has 0 aromatic rings. The van der Waals surface area contributed by atoms with E-state index in [2.05, 4.69) is 19.2 Å². The Labute approximate surface area is 93.8 Å². The fourth-order valence-electron chi connectivity index (χ4n) is 2.28. The van der Waals surface area contributed by atoms with E-state index in [4.69, 9.17) is 0 Å². The molecular formula is C13H25NO. The fraction of sp³-hybridized carbons (Fsp3) is 0.923. The van der Waals surface area contributed by atoms with Crippen LogP contribution in [0.5, 0.6) is 0 Å². The molecule has 88 valence electrons. The monoisotopic (exact) mass is 211 g/mol. The Morgan fingerprint density at radius 1 is 1.27 bits per heavy atom. The highest BCUT2D eigenvalue weighted by atomic mass is 16.1. The highest BCUT2D eigenvalue weighted by molar-refractivity contribution is 5.81. The molecule has 1 aliphatic carbocycles. The van der Waals surface area contributed by atoms with Crippen LogP contribution < -0.4 is 5.32 Å². The van der Waals surface area contributed by atoms with Crippen molar-refractivity contribution in [3.8, 4) is 0 Å². The lowest BCUT2D eigenvalue weighted by Gasteiger charge is -2.20. The maximum Gasteiger partial charge on any atom is 0.136 e. The smallest absolute Gasteiger partial charge is 0.136 e. The third-order valence-corrected chi connectivity index (χ3v) is 3.21. The van der Waals surface area contributed by atoms with Gasteiger partial charge in [0, 0.05) is 18.4 Å². The lowest BCUT2D eigenvalue weighted by atomic mass is 9.85. The van der Waals surface area contributed by atoms with Gasteiger partial charge in [0.25, 0.3) is 0 Å². The molecule has 0 heterocycles. The average Bonchev–Trinajstić information content (AvgIpc) is 2.25. The second-order valence-electron chi connectivity index (χ2n) is 5.01. The summed E-state index contributed by atoms with van der Waals surface area (Å²) in [5, 5.41) is 3.35. The van der Waals surface area contributed by atoms with Gasteiger partial charge in [0.1, 0.15) is 5.78 Å². The number of rotatable bonds is 6. The summed E-state index contributed by atoms with van der Waals surface area (Å²) >= 11 is 0. The summed E-state index contributed by atoms with van der Waals surface area (Å²) in [4.78, 5) is 11.8. The Hall–Kier alpha value is -0.370. The van der Waals surface area contributed by atoms with Crippen LogP contribution in [0.1, 0.15) is 58.8 Å². The van der Waals surface area contributed by atoms with Gasteiger partial charge in [-0.1, -0.05) is 33.1 Å². The zero-order valence-electron chi connectivity index (χ0n) is 10.2. The van der Waals surface area contributed by atoms with Gasteiger partial charge in [0.2, 0.25) is 0 Å². The van der Waals surface area contributed by atoms with Crippen molar-refractivity contribution in [1.29, 1.82) is 0 Å². The van der Waals surface area contributed by atoms with E-state index in [0.717, 1.165) is 32.2 Å². The van der Waals surface area contributed by atoms with Crippen molar-refractivity contribution >= 4 is 5.78 Å². The molecule has 1 aliphatic rings. The van der Waals surface area contributed by atoms with Crippen LogP contribution in [-0.4, -0.2) is 18.4 Å². The summed E-state index contributed by atoms with van der Waals surface area (Å²) < 4.78 is 0. The van der Waals surface area contributed by atoms with Crippen molar-refractivity contribution in [2.24, 2.45) is 5.92 Å². The molecule has 15 heavy (non-hydrogen) atoms. The molecule has 2 nitrogen and oxygen atoms in total. The average molecular weight is 211 g/mol. The molecule has 0 amide bonds. The minimum Gasteiger partial charge on any atom is -0.315 e. The van der Waals surface area contributed by atoms with Crippen LogP contribution in [0.4, 0.5) is 0 Å². The molecule has 0 aliphatic heterocycles. The van der Waals surface area contributed by atoms with Crippen molar-refractivity contribution in [2.45, 2.75) is 64.8 Å². The van der Waals surface area contributed by atoms with Gasteiger partial charge in [-0.3, -0.25) is 4.79 Å². The van der Waals surface area contributed by atoms with E-state index in [9.17, 15) is 4.79 Å². The molecule has 1 rings (SSSR count). The van der Waals surface area contributed by atoms with Gasteiger partial charge in [-0.15, -0.1) is 0 Å². The zero-order valence-corrected chi connectivity index (χ0v) is 10.2. The number of Topliss-reactive ketones (excluding diaryl/α,β-unsaturated/α-hetero) is 1. The molecule has 1 fully saturated rings. The Morgan fingerprint density at radius 3 is 2.53 bits per heavy atom. The highest BCUT2D eigenvalue weighted by Gasteiger charge is 2.19. The van der Waals surface area contributed by atoms with E-state index >= 15 is 0 Å². The van der Waals surface area contributed by atoms with E-state index in [1.165, 1.54) is 19.3 Å². The van der Waals surface area contributed by atoms with Crippen LogP contribution in [0.2, 0.25) is 0 Å². The van der Waals surface area contributed by atoms with E-state index in [1.54, 1.807) is 0 Å². The van der Waals surface area contributed by atoms with Gasteiger partial charge in [0.15, 0.2) is 0 Å². The molecule has 0 saturated heterocycles. The summed E-state index contributed by atoms with van der Waals surface area (Å²) in [5.41, 5.74) is 0. The van der Waals surface area contributed by atoms with Crippen molar-refractivity contribution in [3.05, 3.63) is 0 Å². The van der Waals surface area contributed by atoms with Crippen LogP contribution in [-0.2, 0) is 4.79 Å². The van der Waals surface area contributed by atoms with Gasteiger partial charge in [-0.05, 0) is 25.8 Å². The summed E-state index contributed by atoms with van der Waals surface area (Å²) in [6.07, 6.45) is 7.95. The van der Waals surface area contributed by atoms with E-state index < -0.39 is 0 Å². The predicted octanol–water partition coefficient (Wildman–Crippen LogP) is 2.91. The Balaban J connectivity index is 2.07. The van der Waals surface area contributed by atoms with Gasteiger partial charge in [-0.2, -0.15) is 0 Å².